The molecule has 2 aromatic heterocycles. The van der Waals surface area contributed by atoms with Crippen LogP contribution in [0.15, 0.2) is 12.3 Å². The zero-order valence-electron chi connectivity index (χ0n) is 7.64. The number of hydrogen-bond acceptors (Lipinski definition) is 6. The number of nitrogens with zero attached hydrogens (tertiary/aromatic N) is 4. The van der Waals surface area contributed by atoms with Gasteiger partial charge >= 0.3 is 0 Å². The fraction of sp³-hybridized carbons (Fsp3) is 0.286. The van der Waals surface area contributed by atoms with E-state index in [4.69, 9.17) is 5.73 Å². The van der Waals surface area contributed by atoms with Gasteiger partial charge in [0.2, 0.25) is 11.1 Å². The fourth-order valence-corrected chi connectivity index (χ4v) is 1.52. The average molecular weight is 210 g/mol. The van der Waals surface area contributed by atoms with Crippen molar-refractivity contribution in [3.8, 4) is 0 Å². The first-order valence-electron chi connectivity index (χ1n) is 4.05. The number of rotatable bonds is 3. The molecule has 0 saturated carbocycles. The fourth-order valence-electron chi connectivity index (χ4n) is 1.03. The van der Waals surface area contributed by atoms with Crippen molar-refractivity contribution in [3.63, 3.8) is 0 Å². The quantitative estimate of drug-likeness (QED) is 0.769. The molecule has 0 fully saturated rings. The molecule has 7 heteroatoms. The van der Waals surface area contributed by atoms with E-state index in [9.17, 15) is 0 Å². The van der Waals surface area contributed by atoms with Crippen LogP contribution in [0.25, 0.3) is 0 Å². The molecular weight excluding hydrogens is 200 g/mol. The summed E-state index contributed by atoms with van der Waals surface area (Å²) in [5.74, 6) is 0.304. The molecule has 0 saturated heterocycles. The Labute approximate surface area is 84.9 Å². The largest absolute Gasteiger partial charge is 0.367 e. The molecule has 2 aromatic rings. The molecule has 2 heterocycles. The molecule has 0 radical (unpaired) electrons. The van der Waals surface area contributed by atoms with Crippen molar-refractivity contribution in [1.82, 2.24) is 19.1 Å². The van der Waals surface area contributed by atoms with Crippen LogP contribution >= 0.6 is 11.5 Å². The molecule has 0 aliphatic carbocycles. The van der Waals surface area contributed by atoms with Crippen LogP contribution in [-0.2, 0) is 13.6 Å². The summed E-state index contributed by atoms with van der Waals surface area (Å²) >= 11 is 1.24. The molecule has 0 aromatic carbocycles. The second-order valence-electron chi connectivity index (χ2n) is 2.79. The predicted molar refractivity (Wildman–Crippen MR) is 54.9 cm³/mol. The third kappa shape index (κ3) is 1.99. The maximum Gasteiger partial charge on any atom is 0.233 e. The van der Waals surface area contributed by atoms with E-state index in [2.05, 4.69) is 19.8 Å². The summed E-state index contributed by atoms with van der Waals surface area (Å²) in [7, 11) is 1.88. The van der Waals surface area contributed by atoms with Gasteiger partial charge in [0.1, 0.15) is 0 Å². The zero-order valence-corrected chi connectivity index (χ0v) is 8.45. The highest BCUT2D eigenvalue weighted by atomic mass is 32.1. The molecule has 74 valence electrons. The Balaban J connectivity index is 1.94. The highest BCUT2D eigenvalue weighted by Gasteiger charge is 2.01. The van der Waals surface area contributed by atoms with Crippen LogP contribution in [0.2, 0.25) is 0 Å². The first kappa shape index (κ1) is 8.95. The van der Waals surface area contributed by atoms with E-state index in [1.165, 1.54) is 11.5 Å². The molecule has 0 amide bonds. The summed E-state index contributed by atoms with van der Waals surface area (Å²) in [5.41, 5.74) is 6.34. The molecule has 0 atom stereocenters. The Morgan fingerprint density at radius 1 is 1.64 bits per heavy atom. The minimum Gasteiger partial charge on any atom is -0.367 e. The number of aromatic nitrogens is 4. The monoisotopic (exact) mass is 210 g/mol. The number of nitrogen functional groups attached to an aromatic ring is 1. The second-order valence-corrected chi connectivity index (χ2v) is 3.54. The van der Waals surface area contributed by atoms with Crippen molar-refractivity contribution >= 4 is 22.6 Å². The molecular formula is C7H10N6S. The van der Waals surface area contributed by atoms with E-state index in [1.807, 2.05) is 19.3 Å². The lowest BCUT2D eigenvalue weighted by Crippen LogP contribution is -2.00. The summed E-state index contributed by atoms with van der Waals surface area (Å²) in [6.45, 7) is 0.634. The van der Waals surface area contributed by atoms with Gasteiger partial charge < -0.3 is 11.1 Å². The maximum atomic E-state index is 5.38. The summed E-state index contributed by atoms with van der Waals surface area (Å²) in [6.07, 6.45) is 1.89. The molecule has 14 heavy (non-hydrogen) atoms. The SMILES string of the molecule is Cn1ccc(CNc2nc(N)ns2)n1. The number of hydrogen-bond donors (Lipinski definition) is 2. The number of nitrogens with one attached hydrogen (secondary N) is 1. The first-order valence-corrected chi connectivity index (χ1v) is 4.83. The van der Waals surface area contributed by atoms with Crippen LogP contribution in [0.3, 0.4) is 0 Å². The van der Waals surface area contributed by atoms with Crippen molar-refractivity contribution < 1.29 is 0 Å². The van der Waals surface area contributed by atoms with Gasteiger partial charge in [0, 0.05) is 24.8 Å². The second kappa shape index (κ2) is 3.62. The van der Waals surface area contributed by atoms with Gasteiger partial charge in [-0.3, -0.25) is 4.68 Å². The molecule has 0 aliphatic heterocycles. The average Bonchev–Trinajstić information content (AvgIpc) is 2.72. The lowest BCUT2D eigenvalue weighted by Gasteiger charge is -1.96. The number of anilines is 2. The predicted octanol–water partition coefficient (Wildman–Crippen LogP) is 0.466. The third-order valence-electron chi connectivity index (χ3n) is 1.63. The standard InChI is InChI=1S/C7H10N6S/c1-13-3-2-5(11-13)4-9-7-10-6(8)12-14-7/h2-3H,4H2,1H3,(H3,8,9,10,12). The summed E-state index contributed by atoms with van der Waals surface area (Å²) in [5, 5.41) is 8.01. The minimum absolute atomic E-state index is 0.304. The highest BCUT2D eigenvalue weighted by Crippen LogP contribution is 2.12. The summed E-state index contributed by atoms with van der Waals surface area (Å²) in [6, 6.07) is 1.94. The van der Waals surface area contributed by atoms with Crippen LogP contribution in [0.5, 0.6) is 0 Å². The summed E-state index contributed by atoms with van der Waals surface area (Å²) < 4.78 is 5.61. The van der Waals surface area contributed by atoms with E-state index in [1.54, 1.807) is 4.68 Å². The Morgan fingerprint density at radius 3 is 3.07 bits per heavy atom. The van der Waals surface area contributed by atoms with E-state index in [0.717, 1.165) is 5.69 Å². The molecule has 6 nitrogen and oxygen atoms in total. The molecule has 3 N–H and O–H groups in total. The van der Waals surface area contributed by atoms with Crippen LogP contribution in [0.1, 0.15) is 5.69 Å². The highest BCUT2D eigenvalue weighted by molar-refractivity contribution is 7.09. The minimum atomic E-state index is 0.304. The third-order valence-corrected chi connectivity index (χ3v) is 2.32. The topological polar surface area (TPSA) is 81.7 Å². The van der Waals surface area contributed by atoms with Gasteiger partial charge in [-0.05, 0) is 6.07 Å². The molecule has 0 unspecified atom stereocenters. The van der Waals surface area contributed by atoms with Crippen molar-refractivity contribution in [2.45, 2.75) is 6.54 Å². The Kier molecular flexibility index (Phi) is 2.32. The summed E-state index contributed by atoms with van der Waals surface area (Å²) in [4.78, 5) is 3.97. The normalized spacial score (nSPS) is 10.4. The Hall–Kier alpha value is -1.63. The van der Waals surface area contributed by atoms with Gasteiger partial charge in [-0.15, -0.1) is 0 Å². The van der Waals surface area contributed by atoms with Crippen molar-refractivity contribution in [2.75, 3.05) is 11.1 Å². The molecule has 0 bridgehead atoms. The number of aryl methyl sites for hydroxylation is 1. The van der Waals surface area contributed by atoms with Crippen molar-refractivity contribution in [1.29, 1.82) is 0 Å². The van der Waals surface area contributed by atoms with Crippen LogP contribution in [0.4, 0.5) is 11.1 Å². The van der Waals surface area contributed by atoms with E-state index in [0.29, 0.717) is 17.6 Å². The van der Waals surface area contributed by atoms with Crippen LogP contribution in [-0.4, -0.2) is 19.1 Å². The zero-order chi connectivity index (χ0) is 9.97. The van der Waals surface area contributed by atoms with Gasteiger partial charge in [-0.25, -0.2) is 0 Å². The van der Waals surface area contributed by atoms with Crippen molar-refractivity contribution in [2.24, 2.45) is 7.05 Å². The first-order chi connectivity index (χ1) is 6.74. The molecule has 0 aliphatic rings. The molecule has 2 rings (SSSR count). The van der Waals surface area contributed by atoms with Gasteiger partial charge in [-0.1, -0.05) is 0 Å². The van der Waals surface area contributed by atoms with Gasteiger partial charge in [-0.2, -0.15) is 14.5 Å². The smallest absolute Gasteiger partial charge is 0.233 e. The van der Waals surface area contributed by atoms with E-state index >= 15 is 0 Å². The van der Waals surface area contributed by atoms with Gasteiger partial charge in [0.05, 0.1) is 12.2 Å². The van der Waals surface area contributed by atoms with Crippen molar-refractivity contribution in [3.05, 3.63) is 18.0 Å². The van der Waals surface area contributed by atoms with Gasteiger partial charge in [0.15, 0.2) is 0 Å². The Bertz CT molecular complexity index is 379. The number of nitrogens with two attached hydrogens (primary N) is 1. The lowest BCUT2D eigenvalue weighted by atomic mass is 10.4. The Morgan fingerprint density at radius 2 is 2.50 bits per heavy atom. The van der Waals surface area contributed by atoms with Gasteiger partial charge in [0.25, 0.3) is 0 Å². The van der Waals surface area contributed by atoms with E-state index in [-0.39, 0.29) is 0 Å². The van der Waals surface area contributed by atoms with Crippen LogP contribution < -0.4 is 11.1 Å². The van der Waals surface area contributed by atoms with E-state index < -0.39 is 0 Å². The lowest BCUT2D eigenvalue weighted by molar-refractivity contribution is 0.747. The van der Waals surface area contributed by atoms with Crippen LogP contribution in [0, 0.1) is 0 Å². The maximum absolute atomic E-state index is 5.38. The molecule has 0 spiro atoms.